The first-order valence-corrected chi connectivity index (χ1v) is 8.47. The first kappa shape index (κ1) is 14.2. The van der Waals surface area contributed by atoms with Crippen molar-refractivity contribution >= 4 is 10.0 Å². The van der Waals surface area contributed by atoms with Crippen LogP contribution in [0.5, 0.6) is 0 Å². The normalized spacial score (nSPS) is 20.7. The summed E-state index contributed by atoms with van der Waals surface area (Å²) >= 11 is 0. The van der Waals surface area contributed by atoms with Gasteiger partial charge in [0.05, 0.1) is 12.2 Å². The van der Waals surface area contributed by atoms with Crippen LogP contribution in [0.15, 0.2) is 23.6 Å². The number of aryl methyl sites for hydroxylation is 1. The third kappa shape index (κ3) is 2.46. The molecule has 3 heterocycles. The van der Waals surface area contributed by atoms with Crippen molar-refractivity contribution in [2.24, 2.45) is 0 Å². The molecule has 8 nitrogen and oxygen atoms in total. The molecule has 21 heavy (non-hydrogen) atoms. The quantitative estimate of drug-likeness (QED) is 0.906. The Balaban J connectivity index is 2.00. The maximum atomic E-state index is 12.9. The molecule has 0 amide bonds. The largest absolute Gasteiger partial charge is 0.262 e. The van der Waals surface area contributed by atoms with Crippen molar-refractivity contribution in [3.8, 4) is 0 Å². The fraction of sp³-hybridized carbons (Fsp3) is 0.583. The van der Waals surface area contributed by atoms with E-state index < -0.39 is 10.0 Å². The highest BCUT2D eigenvalue weighted by Crippen LogP contribution is 2.33. The van der Waals surface area contributed by atoms with Gasteiger partial charge >= 0.3 is 0 Å². The van der Waals surface area contributed by atoms with Crippen molar-refractivity contribution in [1.82, 2.24) is 29.3 Å². The molecule has 2 aromatic rings. The summed E-state index contributed by atoms with van der Waals surface area (Å²) in [5.41, 5.74) is 0. The summed E-state index contributed by atoms with van der Waals surface area (Å²) in [6.07, 6.45) is 5.50. The number of hydrogen-bond acceptors (Lipinski definition) is 5. The van der Waals surface area contributed by atoms with Crippen molar-refractivity contribution in [2.75, 3.05) is 6.54 Å². The van der Waals surface area contributed by atoms with Gasteiger partial charge in [0.15, 0.2) is 5.03 Å². The maximum absolute atomic E-state index is 12.9. The van der Waals surface area contributed by atoms with Gasteiger partial charge in [0.1, 0.15) is 12.2 Å². The van der Waals surface area contributed by atoms with Crippen LogP contribution in [0.3, 0.4) is 0 Å². The molecule has 0 saturated carbocycles. The molecule has 1 aliphatic rings. The number of aromatic nitrogens is 5. The molecule has 1 atom stereocenters. The van der Waals surface area contributed by atoms with E-state index >= 15 is 0 Å². The van der Waals surface area contributed by atoms with Gasteiger partial charge in [0.25, 0.3) is 10.0 Å². The topological polar surface area (TPSA) is 96.8 Å². The van der Waals surface area contributed by atoms with Gasteiger partial charge in [-0.05, 0) is 25.8 Å². The van der Waals surface area contributed by atoms with E-state index in [4.69, 9.17) is 0 Å². The van der Waals surface area contributed by atoms with E-state index in [0.29, 0.717) is 18.9 Å². The predicted octanol–water partition coefficient (Wildman–Crippen LogP) is 0.937. The molecule has 1 saturated heterocycles. The lowest BCUT2D eigenvalue weighted by Crippen LogP contribution is -2.39. The molecular weight excluding hydrogens is 292 g/mol. The first-order valence-electron chi connectivity index (χ1n) is 7.03. The lowest BCUT2D eigenvalue weighted by atomic mass is 10.0. The van der Waals surface area contributed by atoms with Crippen LogP contribution in [0.25, 0.3) is 0 Å². The lowest BCUT2D eigenvalue weighted by molar-refractivity contribution is 0.245. The molecule has 1 fully saturated rings. The van der Waals surface area contributed by atoms with Gasteiger partial charge in [0, 0.05) is 13.1 Å². The zero-order chi connectivity index (χ0) is 14.9. The summed E-state index contributed by atoms with van der Waals surface area (Å²) in [4.78, 5) is 4.13. The van der Waals surface area contributed by atoms with E-state index in [1.807, 2.05) is 6.92 Å². The standard InChI is InChI=1S/C12H18N6O2S/c1-2-17-11(6-7-15-17)21(19,20)18-8-4-3-5-10(18)12-13-9-14-16-12/h6-7,9-10H,2-5,8H2,1H3,(H,13,14,16)/t10-/m0/s1. The monoisotopic (exact) mass is 310 g/mol. The number of nitrogens with zero attached hydrogens (tertiary/aromatic N) is 5. The number of sulfonamides is 1. The summed E-state index contributed by atoms with van der Waals surface area (Å²) in [5.74, 6) is 0.598. The van der Waals surface area contributed by atoms with Crippen molar-refractivity contribution in [3.05, 3.63) is 24.4 Å². The van der Waals surface area contributed by atoms with Crippen LogP contribution in [-0.2, 0) is 16.6 Å². The highest BCUT2D eigenvalue weighted by atomic mass is 32.2. The summed E-state index contributed by atoms with van der Waals surface area (Å²) in [6, 6.07) is 1.26. The summed E-state index contributed by atoms with van der Waals surface area (Å²) in [6.45, 7) is 2.88. The Kier molecular flexibility index (Phi) is 3.77. The van der Waals surface area contributed by atoms with Crippen molar-refractivity contribution in [3.63, 3.8) is 0 Å². The first-order chi connectivity index (χ1) is 10.1. The van der Waals surface area contributed by atoms with Crippen LogP contribution in [0.4, 0.5) is 0 Å². The molecule has 3 rings (SSSR count). The van der Waals surface area contributed by atoms with Crippen molar-refractivity contribution in [2.45, 2.75) is 43.8 Å². The third-order valence-electron chi connectivity index (χ3n) is 3.75. The number of hydrogen-bond donors (Lipinski definition) is 1. The Morgan fingerprint density at radius 2 is 2.29 bits per heavy atom. The molecule has 0 unspecified atom stereocenters. The number of piperidine rings is 1. The second-order valence-corrected chi connectivity index (χ2v) is 6.82. The minimum absolute atomic E-state index is 0.233. The molecule has 0 aliphatic carbocycles. The maximum Gasteiger partial charge on any atom is 0.260 e. The molecule has 0 radical (unpaired) electrons. The molecule has 2 aromatic heterocycles. The molecule has 1 aliphatic heterocycles. The fourth-order valence-electron chi connectivity index (χ4n) is 2.74. The van der Waals surface area contributed by atoms with Crippen molar-refractivity contribution < 1.29 is 8.42 Å². The van der Waals surface area contributed by atoms with Gasteiger partial charge in [-0.15, -0.1) is 0 Å². The number of H-pyrrole nitrogens is 1. The van der Waals surface area contributed by atoms with Crippen LogP contribution in [0.1, 0.15) is 38.1 Å². The smallest absolute Gasteiger partial charge is 0.260 e. The Morgan fingerprint density at radius 1 is 1.43 bits per heavy atom. The van der Waals surface area contributed by atoms with Crippen LogP contribution >= 0.6 is 0 Å². The van der Waals surface area contributed by atoms with Gasteiger partial charge in [-0.3, -0.25) is 9.78 Å². The molecular formula is C12H18N6O2S. The Morgan fingerprint density at radius 3 is 3.00 bits per heavy atom. The number of rotatable bonds is 4. The second-order valence-electron chi connectivity index (χ2n) is 4.98. The highest BCUT2D eigenvalue weighted by molar-refractivity contribution is 7.89. The number of aromatic amines is 1. The van der Waals surface area contributed by atoms with E-state index in [1.54, 1.807) is 6.07 Å². The Labute approximate surface area is 123 Å². The summed E-state index contributed by atoms with van der Waals surface area (Å²) < 4.78 is 28.9. The van der Waals surface area contributed by atoms with Crippen molar-refractivity contribution in [1.29, 1.82) is 0 Å². The Bertz CT molecular complexity index is 693. The second kappa shape index (κ2) is 5.57. The molecule has 9 heteroatoms. The zero-order valence-electron chi connectivity index (χ0n) is 11.8. The van der Waals surface area contributed by atoms with E-state index in [9.17, 15) is 8.42 Å². The van der Waals surface area contributed by atoms with E-state index in [-0.39, 0.29) is 11.1 Å². The van der Waals surface area contributed by atoms with Gasteiger partial charge in [0.2, 0.25) is 0 Å². The molecule has 1 N–H and O–H groups in total. The minimum atomic E-state index is -3.59. The van der Waals surface area contributed by atoms with E-state index in [1.165, 1.54) is 21.5 Å². The van der Waals surface area contributed by atoms with Crippen LogP contribution in [0, 0.1) is 0 Å². The molecule has 114 valence electrons. The van der Waals surface area contributed by atoms with Crippen LogP contribution in [0.2, 0.25) is 0 Å². The number of nitrogens with one attached hydrogen (secondary N) is 1. The van der Waals surface area contributed by atoms with Crippen LogP contribution < -0.4 is 0 Å². The molecule has 0 aromatic carbocycles. The molecule has 0 spiro atoms. The fourth-order valence-corrected chi connectivity index (χ4v) is 4.56. The van der Waals surface area contributed by atoms with Gasteiger partial charge in [-0.25, -0.2) is 13.4 Å². The average molecular weight is 310 g/mol. The summed E-state index contributed by atoms with van der Waals surface area (Å²) in [7, 11) is -3.59. The SMILES string of the molecule is CCn1nccc1S(=O)(=O)N1CCCC[C@H]1c1ncn[nH]1. The van der Waals surface area contributed by atoms with Gasteiger partial charge < -0.3 is 0 Å². The van der Waals surface area contributed by atoms with Gasteiger partial charge in [-0.1, -0.05) is 6.42 Å². The van der Waals surface area contributed by atoms with Crippen LogP contribution in [-0.4, -0.2) is 44.2 Å². The van der Waals surface area contributed by atoms with E-state index in [2.05, 4.69) is 20.3 Å². The predicted molar refractivity (Wildman–Crippen MR) is 74.8 cm³/mol. The van der Waals surface area contributed by atoms with E-state index in [0.717, 1.165) is 19.3 Å². The third-order valence-corrected chi connectivity index (χ3v) is 5.68. The Hall–Kier alpha value is -1.74. The lowest BCUT2D eigenvalue weighted by Gasteiger charge is -2.33. The minimum Gasteiger partial charge on any atom is -0.262 e. The zero-order valence-corrected chi connectivity index (χ0v) is 12.6. The van der Waals surface area contributed by atoms with Gasteiger partial charge in [-0.2, -0.15) is 14.5 Å². The summed E-state index contributed by atoms with van der Waals surface area (Å²) in [5, 5.41) is 10.9. The average Bonchev–Trinajstić information content (AvgIpc) is 3.18. The highest BCUT2D eigenvalue weighted by Gasteiger charge is 2.37. The molecule has 0 bridgehead atoms.